The number of nitrogens with zero attached hydrogens (tertiary/aromatic N) is 3. The van der Waals surface area contributed by atoms with Gasteiger partial charge in [0.2, 0.25) is 0 Å². The van der Waals surface area contributed by atoms with E-state index in [1.54, 1.807) is 0 Å². The monoisotopic (exact) mass is 511 g/mol. The van der Waals surface area contributed by atoms with Gasteiger partial charge < -0.3 is 9.33 Å². The van der Waals surface area contributed by atoms with Gasteiger partial charge in [0.05, 0.1) is 18.7 Å². The highest BCUT2D eigenvalue weighted by molar-refractivity contribution is 6.74. The molecule has 0 bridgehead atoms. The van der Waals surface area contributed by atoms with E-state index in [0.29, 0.717) is 25.6 Å². The van der Waals surface area contributed by atoms with Crippen LogP contribution in [0.5, 0.6) is 0 Å². The SMILES string of the molecule is C=CCN1C(=O)N(CC=C)N(CC2CCCCC2)C[C@@H](O[Si](C)(C)C(C)(C)C)[C@H]1Cc1ccccc1. The summed E-state index contributed by atoms with van der Waals surface area (Å²) in [4.78, 5) is 16.2. The predicted octanol–water partition coefficient (Wildman–Crippen LogP) is 6.90. The number of amides is 2. The molecule has 1 aliphatic heterocycles. The molecule has 6 heteroatoms. The Morgan fingerprint density at radius 3 is 2.25 bits per heavy atom. The minimum Gasteiger partial charge on any atom is -0.410 e. The van der Waals surface area contributed by atoms with Gasteiger partial charge in [-0.15, -0.1) is 13.2 Å². The minimum atomic E-state index is -2.10. The molecule has 0 N–H and O–H groups in total. The summed E-state index contributed by atoms with van der Waals surface area (Å²) in [7, 11) is -2.10. The molecule has 5 nitrogen and oxygen atoms in total. The number of benzene rings is 1. The van der Waals surface area contributed by atoms with Crippen LogP contribution in [0.3, 0.4) is 0 Å². The maximum absolute atomic E-state index is 14.2. The summed E-state index contributed by atoms with van der Waals surface area (Å²) in [6.45, 7) is 22.1. The third-order valence-electron chi connectivity index (χ3n) is 8.39. The fraction of sp³-hybridized carbons (Fsp3) is 0.633. The Labute approximate surface area is 221 Å². The van der Waals surface area contributed by atoms with Crippen molar-refractivity contribution in [3.05, 3.63) is 61.2 Å². The van der Waals surface area contributed by atoms with Crippen LogP contribution in [0.2, 0.25) is 18.1 Å². The van der Waals surface area contributed by atoms with Crippen LogP contribution >= 0.6 is 0 Å². The van der Waals surface area contributed by atoms with Crippen molar-refractivity contribution in [3.8, 4) is 0 Å². The van der Waals surface area contributed by atoms with E-state index in [9.17, 15) is 4.79 Å². The van der Waals surface area contributed by atoms with Gasteiger partial charge in [0.25, 0.3) is 0 Å². The van der Waals surface area contributed by atoms with Crippen LogP contribution in [0, 0.1) is 5.92 Å². The third kappa shape index (κ3) is 7.11. The van der Waals surface area contributed by atoms with Gasteiger partial charge in [-0.3, -0.25) is 5.01 Å². The Morgan fingerprint density at radius 1 is 1.03 bits per heavy atom. The number of urea groups is 1. The van der Waals surface area contributed by atoms with Crippen molar-refractivity contribution in [3.63, 3.8) is 0 Å². The van der Waals surface area contributed by atoms with E-state index in [-0.39, 0.29) is 23.2 Å². The van der Waals surface area contributed by atoms with Crippen molar-refractivity contribution in [2.75, 3.05) is 26.2 Å². The predicted molar refractivity (Wildman–Crippen MR) is 153 cm³/mol. The first-order valence-electron chi connectivity index (χ1n) is 13.8. The second-order valence-electron chi connectivity index (χ2n) is 12.1. The number of carbonyl (C=O) groups is 1. The molecular weight excluding hydrogens is 462 g/mol. The Kier molecular flexibility index (Phi) is 10.0. The van der Waals surface area contributed by atoms with E-state index in [0.717, 1.165) is 13.0 Å². The zero-order valence-electron chi connectivity index (χ0n) is 23.4. The van der Waals surface area contributed by atoms with Gasteiger partial charge in [-0.25, -0.2) is 9.80 Å². The highest BCUT2D eigenvalue weighted by Gasteiger charge is 2.46. The first-order chi connectivity index (χ1) is 17.1. The third-order valence-corrected chi connectivity index (χ3v) is 12.9. The number of hydrogen-bond donors (Lipinski definition) is 0. The largest absolute Gasteiger partial charge is 0.410 e. The van der Waals surface area contributed by atoms with E-state index in [1.165, 1.54) is 37.7 Å². The lowest BCUT2D eigenvalue weighted by atomic mass is 9.89. The average molecular weight is 512 g/mol. The van der Waals surface area contributed by atoms with Crippen LogP contribution < -0.4 is 0 Å². The second-order valence-corrected chi connectivity index (χ2v) is 16.9. The Hall–Kier alpha value is -1.89. The maximum Gasteiger partial charge on any atom is 0.335 e. The van der Waals surface area contributed by atoms with Gasteiger partial charge in [0, 0.05) is 19.6 Å². The molecular formula is C30H49N3O2Si. The summed E-state index contributed by atoms with van der Waals surface area (Å²) in [6, 6.07) is 10.5. The Balaban J connectivity index is 2.04. The Morgan fingerprint density at radius 2 is 1.67 bits per heavy atom. The molecule has 0 unspecified atom stereocenters. The first kappa shape index (κ1) is 28.7. The Bertz CT molecular complexity index is 861. The molecule has 36 heavy (non-hydrogen) atoms. The molecule has 2 aliphatic rings. The standard InChI is InChI=1S/C30H49N3O2Si/c1-8-20-32-27(22-25-16-12-10-13-17-25)28(35-36(6,7)30(3,4)5)24-31(33(21-9-2)29(32)34)23-26-18-14-11-15-19-26/h8-10,12-13,16-17,26-28H,1-2,11,14-15,18-24H2,3-7H3/t27-,28-/m1/s1. The highest BCUT2D eigenvalue weighted by atomic mass is 28.4. The molecule has 0 radical (unpaired) electrons. The van der Waals surface area contributed by atoms with Crippen LogP contribution in [0.4, 0.5) is 4.79 Å². The van der Waals surface area contributed by atoms with E-state index in [1.807, 2.05) is 28.1 Å². The fourth-order valence-electron chi connectivity index (χ4n) is 5.32. The van der Waals surface area contributed by atoms with Gasteiger partial charge in [-0.05, 0) is 48.9 Å². The smallest absolute Gasteiger partial charge is 0.335 e. The summed E-state index contributed by atoms with van der Waals surface area (Å²) in [5, 5.41) is 4.32. The fourth-order valence-corrected chi connectivity index (χ4v) is 6.66. The highest BCUT2D eigenvalue weighted by Crippen LogP contribution is 2.39. The van der Waals surface area contributed by atoms with Crippen LogP contribution in [0.1, 0.15) is 58.4 Å². The summed E-state index contributed by atoms with van der Waals surface area (Å²) in [6.07, 6.45) is 10.8. The van der Waals surface area contributed by atoms with Gasteiger partial charge in [0.1, 0.15) is 0 Å². The average Bonchev–Trinajstić information content (AvgIpc) is 2.92. The number of rotatable bonds is 10. The van der Waals surface area contributed by atoms with Crippen LogP contribution in [0.15, 0.2) is 55.6 Å². The number of carbonyl (C=O) groups excluding carboxylic acids is 1. The van der Waals surface area contributed by atoms with Gasteiger partial charge in [-0.2, -0.15) is 0 Å². The maximum atomic E-state index is 14.2. The lowest BCUT2D eigenvalue weighted by Gasteiger charge is -2.43. The molecule has 1 aromatic rings. The zero-order chi connectivity index (χ0) is 26.3. The van der Waals surface area contributed by atoms with Crippen LogP contribution in [-0.2, 0) is 10.8 Å². The molecule has 1 aliphatic carbocycles. The van der Waals surface area contributed by atoms with Crippen molar-refractivity contribution < 1.29 is 9.22 Å². The van der Waals surface area contributed by atoms with E-state index >= 15 is 0 Å². The summed E-state index contributed by atoms with van der Waals surface area (Å²) >= 11 is 0. The summed E-state index contributed by atoms with van der Waals surface area (Å²) < 4.78 is 7.20. The van der Waals surface area contributed by atoms with Crippen molar-refractivity contribution in [2.45, 2.75) is 89.6 Å². The molecule has 3 rings (SSSR count). The second kappa shape index (κ2) is 12.6. The van der Waals surface area contributed by atoms with Crippen molar-refractivity contribution >= 4 is 14.3 Å². The van der Waals surface area contributed by atoms with Crippen LogP contribution in [0.25, 0.3) is 0 Å². The zero-order valence-corrected chi connectivity index (χ0v) is 24.4. The molecule has 200 valence electrons. The number of hydrazine groups is 1. The molecule has 2 fully saturated rings. The normalized spacial score (nSPS) is 23.0. The van der Waals surface area contributed by atoms with Crippen LogP contribution in [-0.4, -0.2) is 67.6 Å². The van der Waals surface area contributed by atoms with E-state index < -0.39 is 8.32 Å². The lowest BCUT2D eigenvalue weighted by molar-refractivity contribution is -0.0139. The summed E-state index contributed by atoms with van der Waals surface area (Å²) in [5.41, 5.74) is 1.23. The van der Waals surface area contributed by atoms with Gasteiger partial charge in [0.15, 0.2) is 8.32 Å². The van der Waals surface area contributed by atoms with Crippen molar-refractivity contribution in [2.24, 2.45) is 5.92 Å². The molecule has 0 spiro atoms. The van der Waals surface area contributed by atoms with Gasteiger partial charge in [-0.1, -0.05) is 82.5 Å². The molecule has 2 amide bonds. The molecule has 0 aromatic heterocycles. The van der Waals surface area contributed by atoms with Crippen molar-refractivity contribution in [1.29, 1.82) is 0 Å². The number of hydrogen-bond acceptors (Lipinski definition) is 3. The molecule has 1 aromatic carbocycles. The molecule has 1 saturated carbocycles. The van der Waals surface area contributed by atoms with E-state index in [4.69, 9.17) is 4.43 Å². The van der Waals surface area contributed by atoms with Gasteiger partial charge >= 0.3 is 6.03 Å². The first-order valence-corrected chi connectivity index (χ1v) is 16.7. The minimum absolute atomic E-state index is 0.0351. The van der Waals surface area contributed by atoms with E-state index in [2.05, 4.69) is 76.3 Å². The topological polar surface area (TPSA) is 36.0 Å². The quantitative estimate of drug-likeness (QED) is 0.253. The lowest BCUT2D eigenvalue weighted by Crippen LogP contribution is -2.54. The van der Waals surface area contributed by atoms with Crippen molar-refractivity contribution in [1.82, 2.24) is 14.9 Å². The molecule has 1 heterocycles. The molecule has 1 saturated heterocycles. The summed E-state index contributed by atoms with van der Waals surface area (Å²) in [5.74, 6) is 0.617. The molecule has 2 atom stereocenters.